The molecule has 0 unspecified atom stereocenters. The van der Waals surface area contributed by atoms with Crippen LogP contribution in [0, 0.1) is 0 Å². The number of aliphatic imine (C=N–C) groups is 1. The van der Waals surface area contributed by atoms with E-state index in [0.717, 1.165) is 6.07 Å². The molecule has 0 aromatic carbocycles. The van der Waals surface area contributed by atoms with Crippen LogP contribution in [0.15, 0.2) is 17.3 Å². The van der Waals surface area contributed by atoms with E-state index in [1.54, 1.807) is 0 Å². The van der Waals surface area contributed by atoms with E-state index in [0.29, 0.717) is 19.0 Å². The molecule has 1 heterocycles. The van der Waals surface area contributed by atoms with E-state index in [-0.39, 0.29) is 10.7 Å². The molecular formula is C10H6ClF3N2O. The Morgan fingerprint density at radius 1 is 1.47 bits per heavy atom. The van der Waals surface area contributed by atoms with Gasteiger partial charge in [0.1, 0.15) is 10.7 Å². The van der Waals surface area contributed by atoms with Gasteiger partial charge in [-0.2, -0.15) is 18.2 Å². The number of isocyanates is 1. The number of alkyl halides is 3. The van der Waals surface area contributed by atoms with Crippen molar-refractivity contribution in [3.63, 3.8) is 0 Å². The van der Waals surface area contributed by atoms with Crippen molar-refractivity contribution in [3.05, 3.63) is 28.5 Å². The number of rotatable bonds is 2. The van der Waals surface area contributed by atoms with E-state index >= 15 is 0 Å². The number of hydrogen-bond acceptors (Lipinski definition) is 3. The highest BCUT2D eigenvalue weighted by molar-refractivity contribution is 6.30. The maximum atomic E-state index is 12.5. The van der Waals surface area contributed by atoms with E-state index in [2.05, 4.69) is 9.98 Å². The molecule has 3 nitrogen and oxygen atoms in total. The molecule has 0 bridgehead atoms. The molecule has 0 aliphatic heterocycles. The Balaban J connectivity index is 2.51. The number of carbonyl (C=O) groups excluding carboxylic acids is 1. The summed E-state index contributed by atoms with van der Waals surface area (Å²) in [6.07, 6.45) is -1.52. The van der Waals surface area contributed by atoms with Gasteiger partial charge in [-0.15, -0.1) is 0 Å². The van der Waals surface area contributed by atoms with E-state index in [9.17, 15) is 18.0 Å². The second-order valence-corrected chi connectivity index (χ2v) is 4.15. The van der Waals surface area contributed by atoms with Crippen LogP contribution in [0.5, 0.6) is 0 Å². The molecule has 90 valence electrons. The highest BCUT2D eigenvalue weighted by Crippen LogP contribution is 2.51. The summed E-state index contributed by atoms with van der Waals surface area (Å²) in [5, 5.41) is -0.0606. The van der Waals surface area contributed by atoms with Crippen LogP contribution >= 0.6 is 11.6 Å². The van der Waals surface area contributed by atoms with Gasteiger partial charge in [0.15, 0.2) is 0 Å². The number of halogens is 4. The van der Waals surface area contributed by atoms with Crippen molar-refractivity contribution in [3.8, 4) is 0 Å². The Hall–Kier alpha value is -1.39. The van der Waals surface area contributed by atoms with Gasteiger partial charge in [0.25, 0.3) is 0 Å². The van der Waals surface area contributed by atoms with Crippen molar-refractivity contribution >= 4 is 17.7 Å². The Bertz CT molecular complexity index is 505. The Morgan fingerprint density at radius 2 is 2.12 bits per heavy atom. The number of nitrogens with zero attached hydrogens (tertiary/aromatic N) is 2. The zero-order chi connectivity index (χ0) is 12.7. The van der Waals surface area contributed by atoms with Crippen LogP contribution < -0.4 is 0 Å². The summed E-state index contributed by atoms with van der Waals surface area (Å²) in [6, 6.07) is 0.892. The second kappa shape index (κ2) is 3.82. The molecule has 1 aliphatic rings. The summed E-state index contributed by atoms with van der Waals surface area (Å²) in [6.45, 7) is 0. The van der Waals surface area contributed by atoms with Crippen LogP contribution in [0.4, 0.5) is 13.2 Å². The Labute approximate surface area is 99.3 Å². The van der Waals surface area contributed by atoms with Gasteiger partial charge in [0.2, 0.25) is 6.08 Å². The first-order valence-corrected chi connectivity index (χ1v) is 5.09. The molecular weight excluding hydrogens is 257 g/mol. The molecule has 0 saturated heterocycles. The molecule has 1 aromatic heterocycles. The molecule has 0 amide bonds. The van der Waals surface area contributed by atoms with Gasteiger partial charge in [-0.3, -0.25) is 0 Å². The van der Waals surface area contributed by atoms with Crippen LogP contribution in [0.25, 0.3) is 0 Å². The largest absolute Gasteiger partial charge is 0.417 e. The van der Waals surface area contributed by atoms with Gasteiger partial charge < -0.3 is 0 Å². The van der Waals surface area contributed by atoms with E-state index in [1.807, 2.05) is 0 Å². The van der Waals surface area contributed by atoms with Gasteiger partial charge in [0, 0.05) is 11.8 Å². The molecule has 0 N–H and O–H groups in total. The van der Waals surface area contributed by atoms with Gasteiger partial charge in [-0.25, -0.2) is 9.78 Å². The van der Waals surface area contributed by atoms with Gasteiger partial charge in [-0.1, -0.05) is 11.6 Å². The average molecular weight is 263 g/mol. The molecule has 0 radical (unpaired) electrons. The molecule has 1 saturated carbocycles. The fourth-order valence-electron chi connectivity index (χ4n) is 1.58. The fourth-order valence-corrected chi connectivity index (χ4v) is 1.86. The summed E-state index contributed by atoms with van der Waals surface area (Å²) < 4.78 is 37.5. The predicted molar refractivity (Wildman–Crippen MR) is 53.3 cm³/mol. The number of hydrogen-bond donors (Lipinski definition) is 0. The summed E-state index contributed by atoms with van der Waals surface area (Å²) in [4.78, 5) is 17.3. The molecule has 0 atom stereocenters. The van der Waals surface area contributed by atoms with E-state index in [4.69, 9.17) is 11.6 Å². The quantitative estimate of drug-likeness (QED) is 0.467. The van der Waals surface area contributed by atoms with Crippen LogP contribution in [-0.4, -0.2) is 11.1 Å². The fraction of sp³-hybridized carbons (Fsp3) is 0.400. The van der Waals surface area contributed by atoms with Crippen molar-refractivity contribution in [1.29, 1.82) is 0 Å². The van der Waals surface area contributed by atoms with Gasteiger partial charge in [-0.05, 0) is 18.9 Å². The highest BCUT2D eigenvalue weighted by Gasteiger charge is 2.47. The summed E-state index contributed by atoms with van der Waals surface area (Å²) in [5.41, 5.74) is -1.71. The monoisotopic (exact) mass is 262 g/mol. The van der Waals surface area contributed by atoms with E-state index in [1.165, 1.54) is 6.08 Å². The molecule has 17 heavy (non-hydrogen) atoms. The Kier molecular flexibility index (Phi) is 2.72. The number of pyridine rings is 1. The third-order valence-corrected chi connectivity index (χ3v) is 2.95. The SMILES string of the molecule is O=C=NC1(c2cc(C(F)(F)F)cnc2Cl)CC1. The number of aromatic nitrogens is 1. The van der Waals surface area contributed by atoms with Crippen LogP contribution in [0.1, 0.15) is 24.0 Å². The van der Waals surface area contributed by atoms with Gasteiger partial charge >= 0.3 is 6.18 Å². The van der Waals surface area contributed by atoms with Crippen LogP contribution in [0.2, 0.25) is 5.15 Å². The highest BCUT2D eigenvalue weighted by atomic mass is 35.5. The Morgan fingerprint density at radius 3 is 2.59 bits per heavy atom. The van der Waals surface area contributed by atoms with E-state index < -0.39 is 17.3 Å². The van der Waals surface area contributed by atoms with Crippen molar-refractivity contribution in [1.82, 2.24) is 4.98 Å². The van der Waals surface area contributed by atoms with Crippen molar-refractivity contribution in [2.75, 3.05) is 0 Å². The molecule has 0 spiro atoms. The maximum Gasteiger partial charge on any atom is 0.417 e. The first kappa shape index (κ1) is 12.1. The lowest BCUT2D eigenvalue weighted by atomic mass is 10.1. The molecule has 7 heteroatoms. The minimum absolute atomic E-state index is 0.0606. The average Bonchev–Trinajstić information content (AvgIpc) is 2.98. The molecule has 1 aromatic rings. The first-order chi connectivity index (χ1) is 7.89. The predicted octanol–water partition coefficient (Wildman–Crippen LogP) is 3.08. The summed E-state index contributed by atoms with van der Waals surface area (Å²) in [7, 11) is 0. The second-order valence-electron chi connectivity index (χ2n) is 3.79. The molecule has 1 fully saturated rings. The third-order valence-electron chi connectivity index (χ3n) is 2.65. The zero-order valence-corrected chi connectivity index (χ0v) is 9.14. The van der Waals surface area contributed by atoms with Crippen LogP contribution in [0.3, 0.4) is 0 Å². The minimum Gasteiger partial charge on any atom is -0.244 e. The first-order valence-electron chi connectivity index (χ1n) is 4.71. The maximum absolute atomic E-state index is 12.5. The lowest BCUT2D eigenvalue weighted by Crippen LogP contribution is -2.11. The summed E-state index contributed by atoms with van der Waals surface area (Å²) >= 11 is 5.74. The zero-order valence-electron chi connectivity index (χ0n) is 8.38. The van der Waals surface area contributed by atoms with Gasteiger partial charge in [0.05, 0.1) is 5.56 Å². The third kappa shape index (κ3) is 2.18. The standard InChI is InChI=1S/C10H6ClF3N2O/c11-8-7(9(1-2-9)16-5-17)3-6(4-15-8)10(12,13)14/h3-4H,1-2H2. The smallest absolute Gasteiger partial charge is 0.244 e. The van der Waals surface area contributed by atoms with Crippen molar-refractivity contribution in [2.24, 2.45) is 4.99 Å². The lowest BCUT2D eigenvalue weighted by Gasteiger charge is -2.13. The summed E-state index contributed by atoms with van der Waals surface area (Å²) in [5.74, 6) is 0. The molecule has 1 aliphatic carbocycles. The van der Waals surface area contributed by atoms with Crippen LogP contribution in [-0.2, 0) is 16.5 Å². The van der Waals surface area contributed by atoms with Crippen molar-refractivity contribution < 1.29 is 18.0 Å². The topological polar surface area (TPSA) is 42.3 Å². The normalized spacial score (nSPS) is 17.4. The lowest BCUT2D eigenvalue weighted by molar-refractivity contribution is -0.137. The van der Waals surface area contributed by atoms with Crippen molar-refractivity contribution in [2.45, 2.75) is 24.6 Å². The molecule has 2 rings (SSSR count). The minimum atomic E-state index is -4.49.